The zero-order valence-corrected chi connectivity index (χ0v) is 18.5. The van der Waals surface area contributed by atoms with E-state index in [1.165, 1.54) is 12.1 Å². The molecule has 0 spiro atoms. The van der Waals surface area contributed by atoms with Crippen molar-refractivity contribution in [1.82, 2.24) is 15.0 Å². The molecule has 1 amide bonds. The van der Waals surface area contributed by atoms with Crippen LogP contribution in [0.2, 0.25) is 0 Å². The lowest BCUT2D eigenvalue weighted by Crippen LogP contribution is -2.32. The van der Waals surface area contributed by atoms with E-state index in [1.54, 1.807) is 23.5 Å². The number of anilines is 1. The van der Waals surface area contributed by atoms with Crippen molar-refractivity contribution in [2.75, 3.05) is 31.6 Å². The van der Waals surface area contributed by atoms with Crippen molar-refractivity contribution in [2.24, 2.45) is 0 Å². The Balaban J connectivity index is 1.29. The van der Waals surface area contributed by atoms with Gasteiger partial charge in [0.1, 0.15) is 0 Å². The van der Waals surface area contributed by atoms with Gasteiger partial charge in [0.05, 0.1) is 21.2 Å². The van der Waals surface area contributed by atoms with Crippen LogP contribution in [0.15, 0.2) is 53.4 Å². The monoisotopic (exact) mass is 460 g/mol. The van der Waals surface area contributed by atoms with E-state index in [0.717, 1.165) is 28.2 Å². The molecule has 164 valence electrons. The second-order valence-electron chi connectivity index (χ2n) is 7.18. The summed E-state index contributed by atoms with van der Waals surface area (Å²) < 4.78 is 34.2. The van der Waals surface area contributed by atoms with Gasteiger partial charge in [-0.2, -0.15) is 0 Å². The van der Waals surface area contributed by atoms with Gasteiger partial charge in [-0.15, -0.1) is 0 Å². The third-order valence-corrected chi connectivity index (χ3v) is 7.33. The number of ether oxygens (including phenoxy) is 1. The Morgan fingerprint density at radius 1 is 1.16 bits per heavy atom. The first-order valence-corrected chi connectivity index (χ1v) is 12.4. The maximum Gasteiger partial charge on any atom is 0.251 e. The lowest BCUT2D eigenvalue weighted by atomic mass is 10.2. The third kappa shape index (κ3) is 5.59. The molecule has 1 aliphatic rings. The van der Waals surface area contributed by atoms with E-state index in [0.29, 0.717) is 25.3 Å². The second-order valence-corrected chi connectivity index (χ2v) is 9.98. The largest absolute Gasteiger partial charge is 0.377 e. The SMILES string of the molecule is O=C(NCCNc1nc2ccccc2s1)c1cccc(S(=O)(=O)NCC2CCCO2)c1. The molecule has 1 unspecified atom stereocenters. The van der Waals surface area contributed by atoms with Gasteiger partial charge < -0.3 is 15.4 Å². The molecule has 2 aromatic carbocycles. The number of carbonyl (C=O) groups excluding carboxylic acids is 1. The average molecular weight is 461 g/mol. The molecule has 0 aliphatic carbocycles. The van der Waals surface area contributed by atoms with E-state index < -0.39 is 10.0 Å². The van der Waals surface area contributed by atoms with Crippen molar-refractivity contribution in [1.29, 1.82) is 0 Å². The molecule has 1 saturated heterocycles. The van der Waals surface area contributed by atoms with Crippen LogP contribution in [0.25, 0.3) is 10.2 Å². The highest BCUT2D eigenvalue weighted by Gasteiger charge is 2.21. The Labute approximate surface area is 185 Å². The van der Waals surface area contributed by atoms with Crippen LogP contribution < -0.4 is 15.4 Å². The van der Waals surface area contributed by atoms with E-state index >= 15 is 0 Å². The van der Waals surface area contributed by atoms with Crippen LogP contribution in [0.4, 0.5) is 5.13 Å². The summed E-state index contributed by atoms with van der Waals surface area (Å²) in [5, 5.41) is 6.79. The standard InChI is InChI=1S/C21H24N4O4S2/c26-20(22-10-11-23-21-25-18-8-1-2-9-19(18)30-21)15-5-3-7-17(13-15)31(27,28)24-14-16-6-4-12-29-16/h1-3,5,7-9,13,16,24H,4,6,10-12,14H2,(H,22,26)(H,23,25). The number of carbonyl (C=O) groups is 1. The van der Waals surface area contributed by atoms with E-state index in [1.807, 2.05) is 24.3 Å². The first kappa shape index (κ1) is 21.7. The summed E-state index contributed by atoms with van der Waals surface area (Å²) in [5.41, 5.74) is 1.23. The summed E-state index contributed by atoms with van der Waals surface area (Å²) in [4.78, 5) is 17.0. The van der Waals surface area contributed by atoms with Crippen LogP contribution in [0, 0.1) is 0 Å². The molecule has 4 rings (SSSR count). The highest BCUT2D eigenvalue weighted by atomic mass is 32.2. The summed E-state index contributed by atoms with van der Waals surface area (Å²) in [5.74, 6) is -0.331. The van der Waals surface area contributed by atoms with Crippen molar-refractivity contribution >= 4 is 42.6 Å². The second kappa shape index (κ2) is 9.73. The van der Waals surface area contributed by atoms with Gasteiger partial charge in [-0.3, -0.25) is 4.79 Å². The quantitative estimate of drug-likeness (QED) is 0.424. The summed E-state index contributed by atoms with van der Waals surface area (Å²) >= 11 is 1.55. The number of nitrogens with zero attached hydrogens (tertiary/aromatic N) is 1. The number of amides is 1. The predicted octanol–water partition coefficient (Wildman–Crippen LogP) is 2.60. The molecule has 8 nitrogen and oxygen atoms in total. The van der Waals surface area contributed by atoms with Crippen LogP contribution in [0.3, 0.4) is 0 Å². The van der Waals surface area contributed by atoms with Crippen LogP contribution in [-0.2, 0) is 14.8 Å². The smallest absolute Gasteiger partial charge is 0.251 e. The number of para-hydroxylation sites is 1. The normalized spacial score (nSPS) is 16.5. The number of aromatic nitrogens is 1. The summed E-state index contributed by atoms with van der Waals surface area (Å²) in [6.07, 6.45) is 1.69. The van der Waals surface area contributed by atoms with Crippen LogP contribution >= 0.6 is 11.3 Å². The molecule has 3 N–H and O–H groups in total. The minimum Gasteiger partial charge on any atom is -0.377 e. The first-order valence-electron chi connectivity index (χ1n) is 10.1. The number of hydrogen-bond acceptors (Lipinski definition) is 7. The molecule has 31 heavy (non-hydrogen) atoms. The molecule has 1 atom stereocenters. The van der Waals surface area contributed by atoms with Crippen molar-refractivity contribution < 1.29 is 17.9 Å². The Bertz CT molecular complexity index is 1120. The lowest BCUT2D eigenvalue weighted by Gasteiger charge is -2.12. The van der Waals surface area contributed by atoms with Crippen molar-refractivity contribution in [2.45, 2.75) is 23.8 Å². The number of hydrogen-bond donors (Lipinski definition) is 3. The lowest BCUT2D eigenvalue weighted by molar-refractivity contribution is 0.0955. The molecule has 0 saturated carbocycles. The Kier molecular flexibility index (Phi) is 6.81. The molecule has 10 heteroatoms. The fraction of sp³-hybridized carbons (Fsp3) is 0.333. The van der Waals surface area contributed by atoms with Gasteiger partial charge in [-0.1, -0.05) is 29.5 Å². The predicted molar refractivity (Wildman–Crippen MR) is 121 cm³/mol. The molecule has 1 aromatic heterocycles. The summed E-state index contributed by atoms with van der Waals surface area (Å²) in [7, 11) is -3.71. The number of thiazole rings is 1. The van der Waals surface area contributed by atoms with Gasteiger partial charge in [0.25, 0.3) is 5.91 Å². The molecule has 0 radical (unpaired) electrons. The number of fused-ring (bicyclic) bond motifs is 1. The molecule has 2 heterocycles. The minimum absolute atomic E-state index is 0.0609. The van der Waals surface area contributed by atoms with Gasteiger partial charge in [-0.05, 0) is 43.2 Å². The van der Waals surface area contributed by atoms with Gasteiger partial charge in [0, 0.05) is 31.8 Å². The molecular weight excluding hydrogens is 436 g/mol. The minimum atomic E-state index is -3.71. The van der Waals surface area contributed by atoms with Gasteiger partial charge in [-0.25, -0.2) is 18.1 Å². The molecule has 3 aromatic rings. The molecule has 1 fully saturated rings. The van der Waals surface area contributed by atoms with E-state index in [2.05, 4.69) is 20.3 Å². The molecule has 0 bridgehead atoms. The summed E-state index contributed by atoms with van der Waals surface area (Å²) in [6, 6.07) is 13.9. The van der Waals surface area contributed by atoms with E-state index in [4.69, 9.17) is 4.74 Å². The summed E-state index contributed by atoms with van der Waals surface area (Å²) in [6.45, 7) is 1.78. The maximum atomic E-state index is 12.5. The van der Waals surface area contributed by atoms with Crippen molar-refractivity contribution in [3.8, 4) is 0 Å². The van der Waals surface area contributed by atoms with Crippen molar-refractivity contribution in [3.05, 3.63) is 54.1 Å². The van der Waals surface area contributed by atoms with E-state index in [-0.39, 0.29) is 23.5 Å². The molecule has 1 aliphatic heterocycles. The first-order chi connectivity index (χ1) is 15.0. The average Bonchev–Trinajstić information content (AvgIpc) is 3.44. The van der Waals surface area contributed by atoms with Crippen molar-refractivity contribution in [3.63, 3.8) is 0 Å². The Hall–Kier alpha value is -2.53. The number of rotatable bonds is 9. The van der Waals surface area contributed by atoms with Crippen LogP contribution in [0.1, 0.15) is 23.2 Å². The van der Waals surface area contributed by atoms with Crippen LogP contribution in [0.5, 0.6) is 0 Å². The third-order valence-electron chi connectivity index (χ3n) is 4.91. The Morgan fingerprint density at radius 3 is 2.84 bits per heavy atom. The maximum absolute atomic E-state index is 12.5. The molecular formula is C21H24N4O4S2. The number of benzene rings is 2. The fourth-order valence-electron chi connectivity index (χ4n) is 3.29. The van der Waals surface area contributed by atoms with Gasteiger partial charge in [0.2, 0.25) is 10.0 Å². The number of sulfonamides is 1. The van der Waals surface area contributed by atoms with Gasteiger partial charge >= 0.3 is 0 Å². The fourth-order valence-corrected chi connectivity index (χ4v) is 5.29. The van der Waals surface area contributed by atoms with Crippen LogP contribution in [-0.4, -0.2) is 51.7 Å². The number of nitrogens with one attached hydrogen (secondary N) is 3. The zero-order valence-electron chi connectivity index (χ0n) is 16.8. The van der Waals surface area contributed by atoms with E-state index in [9.17, 15) is 13.2 Å². The zero-order chi connectivity index (χ0) is 21.7. The highest BCUT2D eigenvalue weighted by Crippen LogP contribution is 2.25. The Morgan fingerprint density at radius 2 is 2.03 bits per heavy atom. The topological polar surface area (TPSA) is 109 Å². The highest BCUT2D eigenvalue weighted by molar-refractivity contribution is 7.89. The van der Waals surface area contributed by atoms with Gasteiger partial charge in [0.15, 0.2) is 5.13 Å².